The zero-order valence-electron chi connectivity index (χ0n) is 22.9. The fraction of sp³-hybridized carbons (Fsp3) is 0.286. The molecule has 5 rings (SSSR count). The first-order valence-corrected chi connectivity index (χ1v) is 12.9. The molecule has 3 aromatic heterocycles. The summed E-state index contributed by atoms with van der Waals surface area (Å²) in [6, 6.07) is 16.6. The highest BCUT2D eigenvalue weighted by atomic mass is 16.1. The molecule has 4 heterocycles. The van der Waals surface area contributed by atoms with Crippen molar-refractivity contribution in [3.05, 3.63) is 78.2 Å². The van der Waals surface area contributed by atoms with Crippen molar-refractivity contribution in [3.63, 3.8) is 0 Å². The van der Waals surface area contributed by atoms with Gasteiger partial charge in [0.15, 0.2) is 11.9 Å². The molecule has 4 N–H and O–H groups in total. The van der Waals surface area contributed by atoms with Crippen LogP contribution in [-0.2, 0) is 4.79 Å². The van der Waals surface area contributed by atoms with E-state index in [1.54, 1.807) is 30.3 Å². The summed E-state index contributed by atoms with van der Waals surface area (Å²) in [6.07, 6.45) is 5.87. The Balaban J connectivity index is 0.000000190. The fourth-order valence-corrected chi connectivity index (χ4v) is 3.83. The smallest absolute Gasteiger partial charge is 0.255 e. The summed E-state index contributed by atoms with van der Waals surface area (Å²) in [6.45, 7) is 4.66. The molecule has 1 atom stereocenters. The second-order valence-corrected chi connectivity index (χ2v) is 8.67. The summed E-state index contributed by atoms with van der Waals surface area (Å²) in [4.78, 5) is 42.1. The molecule has 0 unspecified atom stereocenters. The third kappa shape index (κ3) is 8.60. The van der Waals surface area contributed by atoms with E-state index in [1.807, 2.05) is 49.9 Å². The van der Waals surface area contributed by atoms with Gasteiger partial charge in [0.25, 0.3) is 5.91 Å². The highest BCUT2D eigenvalue weighted by Gasteiger charge is 2.22. The van der Waals surface area contributed by atoms with Crippen LogP contribution in [0.2, 0.25) is 0 Å². The number of anilines is 3. The molecule has 40 heavy (non-hydrogen) atoms. The van der Waals surface area contributed by atoms with Crippen molar-refractivity contribution in [2.24, 2.45) is 0 Å². The van der Waals surface area contributed by atoms with Gasteiger partial charge in [0.05, 0.1) is 6.20 Å². The van der Waals surface area contributed by atoms with Gasteiger partial charge in [-0.3, -0.25) is 19.4 Å². The van der Waals surface area contributed by atoms with Gasteiger partial charge >= 0.3 is 0 Å². The number of benzene rings is 1. The van der Waals surface area contributed by atoms with Crippen molar-refractivity contribution in [2.75, 3.05) is 49.3 Å². The van der Waals surface area contributed by atoms with Gasteiger partial charge in [-0.15, -0.1) is 5.10 Å². The SMILES string of the molecule is CCNC=O.CNc1cn2nc(N3CC[C@H](NC)C3)ccc2n1.O=Cc1cc(NC(=O)c2ccccc2)ccn1. The summed E-state index contributed by atoms with van der Waals surface area (Å²) in [5.41, 5.74) is 2.27. The first-order chi connectivity index (χ1) is 19.5. The Labute approximate surface area is 233 Å². The number of carbonyl (C=O) groups excluding carboxylic acids is 3. The zero-order valence-corrected chi connectivity index (χ0v) is 22.9. The minimum atomic E-state index is -0.214. The van der Waals surface area contributed by atoms with Crippen molar-refractivity contribution in [1.29, 1.82) is 0 Å². The number of nitrogens with zero attached hydrogens (tertiary/aromatic N) is 5. The van der Waals surface area contributed by atoms with Gasteiger partial charge in [0, 0.05) is 50.2 Å². The lowest BCUT2D eigenvalue weighted by atomic mass is 10.2. The second kappa shape index (κ2) is 15.5. The Bertz CT molecular complexity index is 1380. The number of rotatable bonds is 8. The van der Waals surface area contributed by atoms with Crippen LogP contribution >= 0.6 is 0 Å². The van der Waals surface area contributed by atoms with Crippen LogP contribution in [0.15, 0.2) is 67.0 Å². The predicted molar refractivity (Wildman–Crippen MR) is 156 cm³/mol. The van der Waals surface area contributed by atoms with Crippen LogP contribution in [0.25, 0.3) is 5.65 Å². The summed E-state index contributed by atoms with van der Waals surface area (Å²) in [5, 5.41) is 16.1. The summed E-state index contributed by atoms with van der Waals surface area (Å²) < 4.78 is 1.83. The molecule has 4 aromatic rings. The van der Waals surface area contributed by atoms with Gasteiger partial charge in [-0.25, -0.2) is 9.50 Å². The van der Waals surface area contributed by atoms with E-state index in [4.69, 9.17) is 0 Å². The monoisotopic (exact) mass is 545 g/mol. The maximum atomic E-state index is 11.8. The molecule has 210 valence electrons. The second-order valence-electron chi connectivity index (χ2n) is 8.67. The van der Waals surface area contributed by atoms with Crippen LogP contribution in [-0.4, -0.2) is 78.0 Å². The molecular weight excluding hydrogens is 510 g/mol. The maximum Gasteiger partial charge on any atom is 0.255 e. The number of hydrogen-bond donors (Lipinski definition) is 4. The molecule has 0 radical (unpaired) electrons. The molecule has 12 nitrogen and oxygen atoms in total. The largest absolute Gasteiger partial charge is 0.372 e. The van der Waals surface area contributed by atoms with Crippen LogP contribution in [0.3, 0.4) is 0 Å². The highest BCUT2D eigenvalue weighted by molar-refractivity contribution is 6.04. The number of aromatic nitrogens is 4. The minimum Gasteiger partial charge on any atom is -0.372 e. The van der Waals surface area contributed by atoms with Crippen LogP contribution in [0.1, 0.15) is 34.2 Å². The number of fused-ring (bicyclic) bond motifs is 1. The lowest BCUT2D eigenvalue weighted by Crippen LogP contribution is -2.30. The van der Waals surface area contributed by atoms with E-state index < -0.39 is 0 Å². The van der Waals surface area contributed by atoms with Gasteiger partial charge in [-0.1, -0.05) is 18.2 Å². The molecule has 0 aliphatic carbocycles. The average Bonchev–Trinajstić information content (AvgIpc) is 3.65. The van der Waals surface area contributed by atoms with Gasteiger partial charge in [0.1, 0.15) is 17.3 Å². The van der Waals surface area contributed by atoms with Crippen LogP contribution < -0.4 is 26.2 Å². The average molecular weight is 546 g/mol. The predicted octanol–water partition coefficient (Wildman–Crippen LogP) is 2.47. The van der Waals surface area contributed by atoms with E-state index in [0.29, 0.717) is 30.0 Å². The molecule has 1 saturated heterocycles. The molecule has 12 heteroatoms. The molecule has 1 aliphatic heterocycles. The number of likely N-dealkylation sites (N-methyl/N-ethyl adjacent to an activating group) is 1. The molecule has 2 amide bonds. The molecule has 0 saturated carbocycles. The first kappa shape index (κ1) is 29.7. The molecule has 1 aromatic carbocycles. The van der Waals surface area contributed by atoms with E-state index in [2.05, 4.69) is 41.2 Å². The Morgan fingerprint density at radius 1 is 1.10 bits per heavy atom. The Hall–Kier alpha value is -4.84. The summed E-state index contributed by atoms with van der Waals surface area (Å²) >= 11 is 0. The van der Waals surface area contributed by atoms with Gasteiger partial charge in [-0.2, -0.15) is 0 Å². The Morgan fingerprint density at radius 3 is 2.52 bits per heavy atom. The quantitative estimate of drug-likeness (QED) is 0.245. The Kier molecular flexibility index (Phi) is 11.5. The lowest BCUT2D eigenvalue weighted by Gasteiger charge is -2.16. The van der Waals surface area contributed by atoms with E-state index in [9.17, 15) is 14.4 Å². The normalized spacial score (nSPS) is 13.8. The maximum absolute atomic E-state index is 11.8. The zero-order chi connectivity index (χ0) is 28.7. The number of carbonyl (C=O) groups is 3. The number of imidazole rings is 1. The van der Waals surface area contributed by atoms with Gasteiger partial charge in [-0.05, 0) is 56.8 Å². The van der Waals surface area contributed by atoms with Gasteiger partial charge < -0.3 is 26.2 Å². The van der Waals surface area contributed by atoms with E-state index in [1.165, 1.54) is 18.7 Å². The van der Waals surface area contributed by atoms with Crippen molar-refractivity contribution < 1.29 is 14.4 Å². The van der Waals surface area contributed by atoms with Crippen molar-refractivity contribution in [1.82, 2.24) is 30.2 Å². The number of aldehydes is 1. The van der Waals surface area contributed by atoms with Crippen molar-refractivity contribution in [3.8, 4) is 0 Å². The van der Waals surface area contributed by atoms with Crippen LogP contribution in [0, 0.1) is 0 Å². The highest BCUT2D eigenvalue weighted by Crippen LogP contribution is 2.19. The van der Waals surface area contributed by atoms with Crippen LogP contribution in [0.4, 0.5) is 17.3 Å². The van der Waals surface area contributed by atoms with Gasteiger partial charge in [0.2, 0.25) is 6.41 Å². The van der Waals surface area contributed by atoms with E-state index in [-0.39, 0.29) is 11.6 Å². The molecule has 0 spiro atoms. The van der Waals surface area contributed by atoms with Crippen molar-refractivity contribution in [2.45, 2.75) is 19.4 Å². The van der Waals surface area contributed by atoms with E-state index >= 15 is 0 Å². The summed E-state index contributed by atoms with van der Waals surface area (Å²) in [7, 11) is 3.88. The molecule has 1 fully saturated rings. The number of amides is 2. The number of pyridine rings is 1. The summed E-state index contributed by atoms with van der Waals surface area (Å²) in [5.74, 6) is 1.64. The lowest BCUT2D eigenvalue weighted by molar-refractivity contribution is -0.109. The molecule has 1 aliphatic rings. The molecule has 0 bridgehead atoms. The fourth-order valence-electron chi connectivity index (χ4n) is 3.83. The topological polar surface area (TPSA) is 146 Å². The standard InChI is InChI=1S/C13H10N2O2.C12H18N6.C3H7NO/c16-9-12-8-11(6-7-14-12)15-13(17)10-4-2-1-3-5-10;1-13-9-5-6-17(7-9)12-4-3-11-15-10(14-2)8-18(11)16-12;1-2-4-3-5/h1-9H,(H,14,15,17);3-4,8-9,13-14H,5-7H2,1-2H3;3H,2H2,1H3,(H,4,5)/t;9-;/m.0./s1. The number of nitrogens with one attached hydrogen (secondary N) is 4. The minimum absolute atomic E-state index is 0.214. The third-order valence-corrected chi connectivity index (χ3v) is 5.97. The third-order valence-electron chi connectivity index (χ3n) is 5.97. The Morgan fingerprint density at radius 2 is 1.90 bits per heavy atom. The van der Waals surface area contributed by atoms with E-state index in [0.717, 1.165) is 36.9 Å². The molecular formula is C28H35N9O3. The number of hydrogen-bond acceptors (Lipinski definition) is 9. The first-order valence-electron chi connectivity index (χ1n) is 12.9. The van der Waals surface area contributed by atoms with Crippen molar-refractivity contribution >= 4 is 41.6 Å². The van der Waals surface area contributed by atoms with Crippen LogP contribution in [0.5, 0.6) is 0 Å².